The van der Waals surface area contributed by atoms with Crippen molar-refractivity contribution in [3.63, 3.8) is 0 Å². The van der Waals surface area contributed by atoms with Crippen LogP contribution in [0.1, 0.15) is 18.4 Å². The smallest absolute Gasteiger partial charge is 0.122 e. The van der Waals surface area contributed by atoms with Crippen LogP contribution in [0.4, 0.5) is 0 Å². The molecule has 1 heterocycles. The zero-order chi connectivity index (χ0) is 13.9. The summed E-state index contributed by atoms with van der Waals surface area (Å²) in [6, 6.07) is 5.99. The number of nitrogens with two attached hydrogens (primary N) is 1. The van der Waals surface area contributed by atoms with Gasteiger partial charge in [0.15, 0.2) is 0 Å². The fraction of sp³-hybridized carbons (Fsp3) is 0.600. The van der Waals surface area contributed by atoms with Crippen LogP contribution in [0.3, 0.4) is 0 Å². The van der Waals surface area contributed by atoms with Crippen molar-refractivity contribution < 1.29 is 9.47 Å². The highest BCUT2D eigenvalue weighted by molar-refractivity contribution is 5.39. The van der Waals surface area contributed by atoms with Gasteiger partial charge in [0.1, 0.15) is 11.5 Å². The van der Waals surface area contributed by atoms with E-state index in [-0.39, 0.29) is 5.54 Å². The lowest BCUT2D eigenvalue weighted by Gasteiger charge is -2.38. The number of nitrogens with zero attached hydrogens (tertiary/aromatic N) is 1. The van der Waals surface area contributed by atoms with Gasteiger partial charge in [-0.25, -0.2) is 0 Å². The third kappa shape index (κ3) is 3.61. The first-order chi connectivity index (χ1) is 9.04. The molecule has 0 radical (unpaired) electrons. The van der Waals surface area contributed by atoms with E-state index in [0.717, 1.165) is 43.9 Å². The first-order valence-corrected chi connectivity index (χ1v) is 6.74. The van der Waals surface area contributed by atoms with Crippen LogP contribution in [0, 0.1) is 0 Å². The van der Waals surface area contributed by atoms with Crippen molar-refractivity contribution in [1.82, 2.24) is 4.90 Å². The molecule has 0 saturated carbocycles. The molecule has 0 aromatic heterocycles. The number of hydrogen-bond donors (Lipinski definition) is 1. The summed E-state index contributed by atoms with van der Waals surface area (Å²) in [6.07, 6.45) is 2.93. The molecule has 1 saturated heterocycles. The van der Waals surface area contributed by atoms with Crippen molar-refractivity contribution in [1.29, 1.82) is 0 Å². The molecule has 1 fully saturated rings. The van der Waals surface area contributed by atoms with Crippen LogP contribution < -0.4 is 15.2 Å². The molecule has 1 aliphatic heterocycles. The monoisotopic (exact) mass is 264 g/mol. The maximum atomic E-state index is 6.53. The molecule has 1 aromatic carbocycles. The molecule has 1 aliphatic rings. The van der Waals surface area contributed by atoms with Gasteiger partial charge in [0.2, 0.25) is 0 Å². The second kappa shape index (κ2) is 5.80. The summed E-state index contributed by atoms with van der Waals surface area (Å²) >= 11 is 0. The van der Waals surface area contributed by atoms with Gasteiger partial charge in [-0.3, -0.25) is 0 Å². The molecule has 19 heavy (non-hydrogen) atoms. The highest BCUT2D eigenvalue weighted by atomic mass is 16.5. The Labute approximate surface area is 115 Å². The molecule has 2 N–H and O–H groups in total. The molecule has 2 rings (SSSR count). The van der Waals surface area contributed by atoms with Crippen molar-refractivity contribution in [3.8, 4) is 11.5 Å². The van der Waals surface area contributed by atoms with Crippen molar-refractivity contribution in [2.45, 2.75) is 24.8 Å². The number of likely N-dealkylation sites (tertiary alicyclic amines) is 1. The lowest BCUT2D eigenvalue weighted by Crippen LogP contribution is -2.50. The second-order valence-corrected chi connectivity index (χ2v) is 5.56. The van der Waals surface area contributed by atoms with Gasteiger partial charge in [-0.2, -0.15) is 0 Å². The first kappa shape index (κ1) is 14.2. The molecule has 0 unspecified atom stereocenters. The Hall–Kier alpha value is -1.26. The van der Waals surface area contributed by atoms with Crippen LogP contribution in [0.25, 0.3) is 0 Å². The van der Waals surface area contributed by atoms with Gasteiger partial charge in [-0.05, 0) is 57.1 Å². The summed E-state index contributed by atoms with van der Waals surface area (Å²) in [5.74, 6) is 1.65. The van der Waals surface area contributed by atoms with E-state index in [0.29, 0.717) is 0 Å². The van der Waals surface area contributed by atoms with Crippen molar-refractivity contribution in [2.24, 2.45) is 5.73 Å². The quantitative estimate of drug-likeness (QED) is 0.898. The second-order valence-electron chi connectivity index (χ2n) is 5.56. The molecule has 0 amide bonds. The van der Waals surface area contributed by atoms with E-state index in [4.69, 9.17) is 15.2 Å². The average molecular weight is 264 g/mol. The van der Waals surface area contributed by atoms with Crippen LogP contribution in [0.15, 0.2) is 18.2 Å². The Bertz CT molecular complexity index is 404. The minimum atomic E-state index is -0.107. The third-order valence-electron chi connectivity index (χ3n) is 3.95. The predicted molar refractivity (Wildman–Crippen MR) is 76.9 cm³/mol. The summed E-state index contributed by atoms with van der Waals surface area (Å²) in [4.78, 5) is 2.33. The fourth-order valence-electron chi connectivity index (χ4n) is 2.62. The molecule has 0 spiro atoms. The van der Waals surface area contributed by atoms with Crippen LogP contribution in [0.2, 0.25) is 0 Å². The van der Waals surface area contributed by atoms with Gasteiger partial charge in [0.05, 0.1) is 14.2 Å². The van der Waals surface area contributed by atoms with Gasteiger partial charge in [-0.1, -0.05) is 0 Å². The minimum absolute atomic E-state index is 0.107. The normalized spacial score (nSPS) is 19.2. The van der Waals surface area contributed by atoms with Gasteiger partial charge in [0, 0.05) is 11.6 Å². The molecule has 0 aliphatic carbocycles. The third-order valence-corrected chi connectivity index (χ3v) is 3.95. The molecular formula is C15H24N2O2. The molecule has 4 nitrogen and oxygen atoms in total. The van der Waals surface area contributed by atoms with Gasteiger partial charge in [-0.15, -0.1) is 0 Å². The van der Waals surface area contributed by atoms with E-state index in [1.54, 1.807) is 14.2 Å². The van der Waals surface area contributed by atoms with E-state index >= 15 is 0 Å². The lowest BCUT2D eigenvalue weighted by atomic mass is 9.83. The zero-order valence-corrected chi connectivity index (χ0v) is 12.1. The van der Waals surface area contributed by atoms with Crippen molar-refractivity contribution >= 4 is 0 Å². The van der Waals surface area contributed by atoms with Crippen molar-refractivity contribution in [3.05, 3.63) is 23.8 Å². The molecular weight excluding hydrogens is 240 g/mol. The highest BCUT2D eigenvalue weighted by Crippen LogP contribution is 2.28. The first-order valence-electron chi connectivity index (χ1n) is 6.74. The minimum Gasteiger partial charge on any atom is -0.497 e. The number of methoxy groups -OCH3 is 2. The summed E-state index contributed by atoms with van der Waals surface area (Å²) < 4.78 is 10.6. The summed E-state index contributed by atoms with van der Waals surface area (Å²) in [5.41, 5.74) is 7.60. The summed E-state index contributed by atoms with van der Waals surface area (Å²) in [6.45, 7) is 2.13. The summed E-state index contributed by atoms with van der Waals surface area (Å²) in [5, 5.41) is 0. The number of ether oxygens (including phenoxy) is 2. The van der Waals surface area contributed by atoms with Crippen LogP contribution in [-0.4, -0.2) is 44.8 Å². The van der Waals surface area contributed by atoms with E-state index in [2.05, 4.69) is 24.1 Å². The molecule has 4 heteroatoms. The number of benzene rings is 1. The molecule has 0 atom stereocenters. The van der Waals surface area contributed by atoms with Crippen LogP contribution in [0.5, 0.6) is 11.5 Å². The highest BCUT2D eigenvalue weighted by Gasteiger charge is 2.29. The molecule has 1 aromatic rings. The van der Waals surface area contributed by atoms with E-state index in [1.807, 2.05) is 6.07 Å². The number of piperidine rings is 1. The van der Waals surface area contributed by atoms with E-state index in [1.165, 1.54) is 5.56 Å². The lowest BCUT2D eigenvalue weighted by molar-refractivity contribution is 0.190. The zero-order valence-electron chi connectivity index (χ0n) is 12.1. The maximum Gasteiger partial charge on any atom is 0.122 e. The fourth-order valence-corrected chi connectivity index (χ4v) is 2.62. The van der Waals surface area contributed by atoms with Crippen LogP contribution in [-0.2, 0) is 6.42 Å². The van der Waals surface area contributed by atoms with E-state index < -0.39 is 0 Å². The van der Waals surface area contributed by atoms with Gasteiger partial charge in [0.25, 0.3) is 0 Å². The average Bonchev–Trinajstić information content (AvgIpc) is 2.42. The summed E-state index contributed by atoms with van der Waals surface area (Å²) in [7, 11) is 5.49. The SMILES string of the molecule is COc1cc(CC2(N)CCN(C)CC2)cc(OC)c1. The topological polar surface area (TPSA) is 47.7 Å². The standard InChI is InChI=1S/C15H24N2O2/c1-17-6-4-15(16,5-7-17)11-12-8-13(18-2)10-14(9-12)19-3/h8-10H,4-7,11,16H2,1-3H3. The Balaban J connectivity index is 2.13. The Kier molecular flexibility index (Phi) is 4.32. The molecule has 0 bridgehead atoms. The Morgan fingerprint density at radius 1 is 1.11 bits per heavy atom. The van der Waals surface area contributed by atoms with Crippen molar-refractivity contribution in [2.75, 3.05) is 34.4 Å². The Morgan fingerprint density at radius 2 is 1.63 bits per heavy atom. The predicted octanol–water partition coefficient (Wildman–Crippen LogP) is 1.67. The van der Waals surface area contributed by atoms with E-state index in [9.17, 15) is 0 Å². The Morgan fingerprint density at radius 3 is 2.11 bits per heavy atom. The largest absolute Gasteiger partial charge is 0.497 e. The molecule has 106 valence electrons. The number of hydrogen-bond acceptors (Lipinski definition) is 4. The maximum absolute atomic E-state index is 6.53. The van der Waals surface area contributed by atoms with Gasteiger partial charge >= 0.3 is 0 Å². The van der Waals surface area contributed by atoms with Gasteiger partial charge < -0.3 is 20.1 Å². The number of rotatable bonds is 4. The van der Waals surface area contributed by atoms with Crippen LogP contribution >= 0.6 is 0 Å².